The molecule has 0 aliphatic carbocycles. The predicted octanol–water partition coefficient (Wildman–Crippen LogP) is -0.103. The molecule has 1 heterocycles. The Hall–Kier alpha value is -1.18. The molecule has 1 radical (unpaired) electrons. The number of rotatable bonds is 8. The van der Waals surface area contributed by atoms with Gasteiger partial charge in [0.2, 0.25) is 6.41 Å². The number of nitrogens with one attached hydrogen (secondary N) is 1. The van der Waals surface area contributed by atoms with E-state index in [1.807, 2.05) is 0 Å². The van der Waals surface area contributed by atoms with Crippen molar-refractivity contribution in [1.29, 1.82) is 0 Å². The zero-order chi connectivity index (χ0) is 15.8. The van der Waals surface area contributed by atoms with Crippen molar-refractivity contribution < 1.29 is 29.3 Å². The van der Waals surface area contributed by atoms with Crippen molar-refractivity contribution in [2.45, 2.75) is 63.4 Å². The van der Waals surface area contributed by atoms with Crippen molar-refractivity contribution >= 4 is 12.4 Å². The standard InChI is InChI=1S/C14H24NO6/c1-9-12(15-8-16)14(19)13(18)10(21-9)6-4-3-5-7-11(17)20-2/h8-9,12-14,18-19H,3-7H2,1-2H3,(H,15,16)/t9-,12-,13-,14+/m1/s1. The van der Waals surface area contributed by atoms with Gasteiger partial charge in [-0.15, -0.1) is 0 Å². The largest absolute Gasteiger partial charge is 0.469 e. The van der Waals surface area contributed by atoms with E-state index >= 15 is 0 Å². The van der Waals surface area contributed by atoms with E-state index in [0.29, 0.717) is 31.8 Å². The van der Waals surface area contributed by atoms with Crippen LogP contribution in [0, 0.1) is 6.10 Å². The van der Waals surface area contributed by atoms with Crippen LogP contribution in [-0.4, -0.2) is 54.1 Å². The molecule has 0 aromatic rings. The topological polar surface area (TPSA) is 105 Å². The minimum atomic E-state index is -1.11. The molecule has 1 aliphatic heterocycles. The first-order chi connectivity index (χ1) is 10.0. The first-order valence-electron chi connectivity index (χ1n) is 7.16. The van der Waals surface area contributed by atoms with Crippen LogP contribution in [0.4, 0.5) is 0 Å². The zero-order valence-corrected chi connectivity index (χ0v) is 12.4. The maximum absolute atomic E-state index is 11.0. The number of amides is 1. The molecule has 1 fully saturated rings. The summed E-state index contributed by atoms with van der Waals surface area (Å²) in [7, 11) is 1.36. The molecule has 3 N–H and O–H groups in total. The Morgan fingerprint density at radius 2 is 2.10 bits per heavy atom. The zero-order valence-electron chi connectivity index (χ0n) is 12.4. The SMILES string of the molecule is COC(=O)CCCCC[C]1O[C@H](C)[C@@H](NC=O)[C@H](O)[C@@H]1O. The fourth-order valence-electron chi connectivity index (χ4n) is 2.41. The van der Waals surface area contributed by atoms with Gasteiger partial charge in [-0.2, -0.15) is 0 Å². The highest BCUT2D eigenvalue weighted by atomic mass is 16.5. The van der Waals surface area contributed by atoms with E-state index in [1.165, 1.54) is 7.11 Å². The number of unbranched alkanes of at least 4 members (excludes halogenated alkanes) is 2. The third kappa shape index (κ3) is 5.26. The fourth-order valence-corrected chi connectivity index (χ4v) is 2.41. The average molecular weight is 302 g/mol. The molecule has 7 nitrogen and oxygen atoms in total. The molecular weight excluding hydrogens is 278 g/mol. The van der Waals surface area contributed by atoms with Crippen LogP contribution in [0.2, 0.25) is 0 Å². The number of esters is 1. The number of hydrogen-bond acceptors (Lipinski definition) is 6. The van der Waals surface area contributed by atoms with Crippen LogP contribution in [0.15, 0.2) is 0 Å². The van der Waals surface area contributed by atoms with Gasteiger partial charge in [0.1, 0.15) is 18.3 Å². The molecule has 121 valence electrons. The third-order valence-electron chi connectivity index (χ3n) is 3.66. The summed E-state index contributed by atoms with van der Waals surface area (Å²) in [5.41, 5.74) is 0. The van der Waals surface area contributed by atoms with Gasteiger partial charge >= 0.3 is 5.97 Å². The molecule has 0 bridgehead atoms. The van der Waals surface area contributed by atoms with Crippen molar-refractivity contribution in [3.05, 3.63) is 6.10 Å². The summed E-state index contributed by atoms with van der Waals surface area (Å²) >= 11 is 0. The molecule has 1 amide bonds. The van der Waals surface area contributed by atoms with E-state index in [-0.39, 0.29) is 5.97 Å². The summed E-state index contributed by atoms with van der Waals surface area (Å²) in [4.78, 5) is 21.4. The lowest BCUT2D eigenvalue weighted by Gasteiger charge is -2.40. The maximum Gasteiger partial charge on any atom is 0.305 e. The Kier molecular flexibility index (Phi) is 7.63. The first-order valence-corrected chi connectivity index (χ1v) is 7.16. The minimum absolute atomic E-state index is 0.233. The van der Waals surface area contributed by atoms with Crippen molar-refractivity contribution in [1.82, 2.24) is 5.32 Å². The van der Waals surface area contributed by atoms with Gasteiger partial charge < -0.3 is 25.0 Å². The third-order valence-corrected chi connectivity index (χ3v) is 3.66. The van der Waals surface area contributed by atoms with Crippen molar-refractivity contribution in [3.63, 3.8) is 0 Å². The minimum Gasteiger partial charge on any atom is -0.469 e. The molecule has 0 saturated carbocycles. The number of carbonyl (C=O) groups excluding carboxylic acids is 2. The molecule has 0 aromatic heterocycles. The second-order valence-electron chi connectivity index (χ2n) is 5.17. The maximum atomic E-state index is 11.0. The van der Waals surface area contributed by atoms with E-state index in [1.54, 1.807) is 6.92 Å². The van der Waals surface area contributed by atoms with Gasteiger partial charge in [-0.25, -0.2) is 0 Å². The van der Waals surface area contributed by atoms with Crippen LogP contribution < -0.4 is 5.32 Å². The van der Waals surface area contributed by atoms with Crippen molar-refractivity contribution in [2.75, 3.05) is 7.11 Å². The first kappa shape index (κ1) is 17.9. The van der Waals surface area contributed by atoms with Crippen LogP contribution >= 0.6 is 0 Å². The van der Waals surface area contributed by atoms with Gasteiger partial charge in [0, 0.05) is 6.42 Å². The van der Waals surface area contributed by atoms with E-state index in [0.717, 1.165) is 12.8 Å². The van der Waals surface area contributed by atoms with Gasteiger partial charge in [0.05, 0.1) is 19.3 Å². The molecule has 1 saturated heterocycles. The number of hydrogen-bond donors (Lipinski definition) is 3. The van der Waals surface area contributed by atoms with Gasteiger partial charge in [-0.3, -0.25) is 9.59 Å². The van der Waals surface area contributed by atoms with Crippen LogP contribution in [0.5, 0.6) is 0 Å². The van der Waals surface area contributed by atoms with Crippen LogP contribution in [-0.2, 0) is 19.1 Å². The number of carbonyl (C=O) groups is 2. The van der Waals surface area contributed by atoms with Crippen LogP contribution in [0.25, 0.3) is 0 Å². The Balaban J connectivity index is 2.32. The molecule has 21 heavy (non-hydrogen) atoms. The van der Waals surface area contributed by atoms with E-state index in [4.69, 9.17) is 4.74 Å². The van der Waals surface area contributed by atoms with Crippen LogP contribution in [0.3, 0.4) is 0 Å². The summed E-state index contributed by atoms with van der Waals surface area (Å²) < 4.78 is 10.1. The predicted molar refractivity (Wildman–Crippen MR) is 73.9 cm³/mol. The molecule has 0 spiro atoms. The number of aliphatic hydroxyl groups excluding tert-OH is 2. The van der Waals surface area contributed by atoms with E-state index < -0.39 is 24.4 Å². The van der Waals surface area contributed by atoms with Crippen LogP contribution in [0.1, 0.15) is 39.0 Å². The number of ether oxygens (including phenoxy) is 2. The second-order valence-corrected chi connectivity index (χ2v) is 5.17. The number of aliphatic hydroxyl groups is 2. The quantitative estimate of drug-likeness (QED) is 0.328. The van der Waals surface area contributed by atoms with Gasteiger partial charge in [0.15, 0.2) is 0 Å². The fraction of sp³-hybridized carbons (Fsp3) is 0.786. The molecule has 0 aromatic carbocycles. The number of methoxy groups -OCH3 is 1. The highest BCUT2D eigenvalue weighted by molar-refractivity contribution is 5.68. The summed E-state index contributed by atoms with van der Waals surface area (Å²) in [6.07, 6.45) is 1.46. The lowest BCUT2D eigenvalue weighted by molar-refractivity contribution is -0.141. The van der Waals surface area contributed by atoms with Gasteiger partial charge in [-0.1, -0.05) is 12.8 Å². The monoisotopic (exact) mass is 302 g/mol. The highest BCUT2D eigenvalue weighted by Crippen LogP contribution is 2.29. The lowest BCUT2D eigenvalue weighted by Crippen LogP contribution is -2.59. The molecule has 1 aliphatic rings. The van der Waals surface area contributed by atoms with Gasteiger partial charge in [0.25, 0.3) is 0 Å². The molecule has 4 atom stereocenters. The lowest BCUT2D eigenvalue weighted by atomic mass is 9.91. The summed E-state index contributed by atoms with van der Waals surface area (Å²) in [6.45, 7) is 1.73. The molecule has 0 unspecified atom stereocenters. The van der Waals surface area contributed by atoms with E-state index in [9.17, 15) is 19.8 Å². The van der Waals surface area contributed by atoms with E-state index in [2.05, 4.69) is 10.1 Å². The summed E-state index contributed by atoms with van der Waals surface area (Å²) in [5.74, 6) is -0.233. The van der Waals surface area contributed by atoms with Gasteiger partial charge in [-0.05, 0) is 19.8 Å². The molecular formula is C14H24NO6. The second kappa shape index (κ2) is 8.96. The smallest absolute Gasteiger partial charge is 0.305 e. The summed E-state index contributed by atoms with van der Waals surface area (Å²) in [5, 5.41) is 22.4. The highest BCUT2D eigenvalue weighted by Gasteiger charge is 2.42. The van der Waals surface area contributed by atoms with Crippen molar-refractivity contribution in [2.24, 2.45) is 0 Å². The van der Waals surface area contributed by atoms with Crippen molar-refractivity contribution in [3.8, 4) is 0 Å². The Labute approximate surface area is 124 Å². The Morgan fingerprint density at radius 1 is 1.38 bits per heavy atom. The normalized spacial score (nSPS) is 29.9. The Morgan fingerprint density at radius 3 is 2.71 bits per heavy atom. The Bertz CT molecular complexity index is 337. The molecule has 1 rings (SSSR count). The summed E-state index contributed by atoms with van der Waals surface area (Å²) in [6, 6.07) is -0.624. The molecule has 7 heteroatoms. The average Bonchev–Trinajstić information content (AvgIpc) is 2.47.